The van der Waals surface area contributed by atoms with E-state index in [1.807, 2.05) is 24.3 Å². The number of ether oxygens (including phenoxy) is 1. The van der Waals surface area contributed by atoms with Crippen molar-refractivity contribution in [2.75, 3.05) is 0 Å². The molecule has 20 heavy (non-hydrogen) atoms. The standard InChI is InChI=1S/C14H12N4OS/c15-13(18-16)9-5-7-10(8-6-9)19-14-17-11-3-1-2-4-12(11)20-14/h1-8H,16H2,(H2,15,18). The van der Waals surface area contributed by atoms with Crippen LogP contribution >= 0.6 is 11.3 Å². The molecule has 4 N–H and O–H groups in total. The second kappa shape index (κ2) is 5.18. The number of benzene rings is 2. The Kier molecular flexibility index (Phi) is 3.22. The van der Waals surface area contributed by atoms with Gasteiger partial charge in [0, 0.05) is 5.56 Å². The molecule has 5 nitrogen and oxygen atoms in total. The lowest BCUT2D eigenvalue weighted by Crippen LogP contribution is -2.15. The fourth-order valence-electron chi connectivity index (χ4n) is 1.76. The summed E-state index contributed by atoms with van der Waals surface area (Å²) in [6.45, 7) is 0. The minimum absolute atomic E-state index is 0.288. The third kappa shape index (κ3) is 2.41. The Hall–Kier alpha value is -2.60. The Morgan fingerprint density at radius 3 is 2.55 bits per heavy atom. The molecular weight excluding hydrogens is 272 g/mol. The van der Waals surface area contributed by atoms with E-state index in [1.54, 1.807) is 24.3 Å². The predicted octanol–water partition coefficient (Wildman–Crippen LogP) is 2.67. The van der Waals surface area contributed by atoms with Crippen LogP contribution in [0.2, 0.25) is 0 Å². The molecule has 100 valence electrons. The number of nitrogens with two attached hydrogens (primary N) is 2. The molecule has 0 saturated heterocycles. The van der Waals surface area contributed by atoms with Gasteiger partial charge in [-0.2, -0.15) is 5.10 Å². The molecule has 0 fully saturated rings. The Balaban J connectivity index is 1.83. The number of hydrogen-bond acceptors (Lipinski definition) is 5. The number of hydrazone groups is 1. The summed E-state index contributed by atoms with van der Waals surface area (Å²) in [4.78, 5) is 4.41. The van der Waals surface area contributed by atoms with Crippen LogP contribution in [-0.4, -0.2) is 10.8 Å². The molecule has 2 aromatic carbocycles. The third-order valence-corrected chi connectivity index (χ3v) is 3.68. The van der Waals surface area contributed by atoms with Crippen LogP contribution in [0.1, 0.15) is 5.56 Å². The molecule has 1 heterocycles. The number of para-hydroxylation sites is 1. The Morgan fingerprint density at radius 1 is 1.10 bits per heavy atom. The van der Waals surface area contributed by atoms with Gasteiger partial charge in [0.2, 0.25) is 0 Å². The molecule has 0 aliphatic carbocycles. The fourth-order valence-corrected chi connectivity index (χ4v) is 2.60. The smallest absolute Gasteiger partial charge is 0.279 e. The van der Waals surface area contributed by atoms with Crippen molar-refractivity contribution in [3.05, 3.63) is 54.1 Å². The Bertz CT molecular complexity index is 731. The monoisotopic (exact) mass is 284 g/mol. The highest BCUT2D eigenvalue weighted by Crippen LogP contribution is 2.30. The third-order valence-electron chi connectivity index (χ3n) is 2.77. The van der Waals surface area contributed by atoms with Gasteiger partial charge in [-0.25, -0.2) is 4.98 Å². The van der Waals surface area contributed by atoms with Crippen molar-refractivity contribution in [3.63, 3.8) is 0 Å². The first-order valence-corrected chi connectivity index (χ1v) is 6.75. The van der Waals surface area contributed by atoms with E-state index in [0.717, 1.165) is 15.8 Å². The van der Waals surface area contributed by atoms with Gasteiger partial charge in [-0.05, 0) is 36.4 Å². The molecule has 0 unspecified atom stereocenters. The van der Waals surface area contributed by atoms with Gasteiger partial charge in [-0.3, -0.25) is 0 Å². The fraction of sp³-hybridized carbons (Fsp3) is 0. The highest BCUT2D eigenvalue weighted by Gasteiger charge is 2.06. The second-order valence-corrected chi connectivity index (χ2v) is 5.08. The van der Waals surface area contributed by atoms with Crippen LogP contribution in [0.25, 0.3) is 10.2 Å². The van der Waals surface area contributed by atoms with Gasteiger partial charge in [0.25, 0.3) is 5.19 Å². The SMILES string of the molecule is N/N=C(\N)c1ccc(Oc2nc3ccccc3s2)cc1. The molecule has 0 spiro atoms. The van der Waals surface area contributed by atoms with Crippen LogP contribution in [0.4, 0.5) is 0 Å². The molecule has 0 bridgehead atoms. The van der Waals surface area contributed by atoms with Gasteiger partial charge < -0.3 is 16.3 Å². The molecule has 0 atom stereocenters. The molecular formula is C14H12N4OS. The summed E-state index contributed by atoms with van der Waals surface area (Å²) in [7, 11) is 0. The quantitative estimate of drug-likeness (QED) is 0.335. The van der Waals surface area contributed by atoms with E-state index in [9.17, 15) is 0 Å². The zero-order valence-electron chi connectivity index (χ0n) is 10.5. The van der Waals surface area contributed by atoms with E-state index < -0.39 is 0 Å². The minimum atomic E-state index is 0.288. The maximum absolute atomic E-state index is 5.73. The van der Waals surface area contributed by atoms with E-state index in [2.05, 4.69) is 10.1 Å². The Morgan fingerprint density at radius 2 is 1.85 bits per heavy atom. The van der Waals surface area contributed by atoms with Crippen molar-refractivity contribution in [3.8, 4) is 10.9 Å². The lowest BCUT2D eigenvalue weighted by molar-refractivity contribution is 0.480. The molecule has 3 rings (SSSR count). The summed E-state index contributed by atoms with van der Waals surface area (Å²) in [5, 5.41) is 4.06. The van der Waals surface area contributed by atoms with E-state index in [0.29, 0.717) is 10.9 Å². The number of rotatable bonds is 3. The first kappa shape index (κ1) is 12.4. The number of aromatic nitrogens is 1. The van der Waals surface area contributed by atoms with Crippen molar-refractivity contribution in [1.82, 2.24) is 4.98 Å². The van der Waals surface area contributed by atoms with Gasteiger partial charge in [0.05, 0.1) is 10.2 Å². The molecule has 0 saturated carbocycles. The Labute approximate surface area is 119 Å². The largest absolute Gasteiger partial charge is 0.431 e. The van der Waals surface area contributed by atoms with E-state index >= 15 is 0 Å². The minimum Gasteiger partial charge on any atom is -0.431 e. The number of nitrogens with zero attached hydrogens (tertiary/aromatic N) is 2. The zero-order valence-corrected chi connectivity index (χ0v) is 11.3. The summed E-state index contributed by atoms with van der Waals surface area (Å²) in [5.41, 5.74) is 7.31. The van der Waals surface area contributed by atoms with Gasteiger partial charge in [-0.1, -0.05) is 23.5 Å². The molecule has 0 aliphatic rings. The van der Waals surface area contributed by atoms with Crippen molar-refractivity contribution >= 4 is 27.4 Å². The summed E-state index contributed by atoms with van der Waals surface area (Å²) >= 11 is 1.51. The highest BCUT2D eigenvalue weighted by atomic mass is 32.1. The van der Waals surface area contributed by atoms with Crippen molar-refractivity contribution in [2.24, 2.45) is 16.7 Å². The van der Waals surface area contributed by atoms with Crippen molar-refractivity contribution in [2.45, 2.75) is 0 Å². The molecule has 0 amide bonds. The summed E-state index contributed by atoms with van der Waals surface area (Å²) in [6.07, 6.45) is 0. The van der Waals surface area contributed by atoms with Crippen LogP contribution < -0.4 is 16.3 Å². The number of fused-ring (bicyclic) bond motifs is 1. The van der Waals surface area contributed by atoms with E-state index in [4.69, 9.17) is 16.3 Å². The predicted molar refractivity (Wildman–Crippen MR) is 81.0 cm³/mol. The van der Waals surface area contributed by atoms with Gasteiger partial charge >= 0.3 is 0 Å². The van der Waals surface area contributed by atoms with Gasteiger partial charge in [-0.15, -0.1) is 0 Å². The molecule has 0 radical (unpaired) electrons. The van der Waals surface area contributed by atoms with Crippen molar-refractivity contribution in [1.29, 1.82) is 0 Å². The first-order valence-electron chi connectivity index (χ1n) is 5.93. The summed E-state index contributed by atoms with van der Waals surface area (Å²) in [6, 6.07) is 15.1. The number of hydrogen-bond donors (Lipinski definition) is 2. The highest BCUT2D eigenvalue weighted by molar-refractivity contribution is 7.20. The average molecular weight is 284 g/mol. The van der Waals surface area contributed by atoms with Crippen molar-refractivity contribution < 1.29 is 4.74 Å². The first-order chi connectivity index (χ1) is 9.76. The average Bonchev–Trinajstić information content (AvgIpc) is 2.89. The molecule has 6 heteroatoms. The lowest BCUT2D eigenvalue weighted by atomic mass is 10.2. The molecule has 3 aromatic rings. The lowest BCUT2D eigenvalue weighted by Gasteiger charge is -2.03. The topological polar surface area (TPSA) is 86.5 Å². The molecule has 0 aliphatic heterocycles. The van der Waals surface area contributed by atoms with E-state index in [1.165, 1.54) is 11.3 Å². The number of thiazole rings is 1. The maximum Gasteiger partial charge on any atom is 0.279 e. The zero-order chi connectivity index (χ0) is 13.9. The summed E-state index contributed by atoms with van der Waals surface area (Å²) in [5.74, 6) is 6.11. The molecule has 1 aromatic heterocycles. The van der Waals surface area contributed by atoms with Crippen LogP contribution in [0, 0.1) is 0 Å². The van der Waals surface area contributed by atoms with Crippen LogP contribution in [0.3, 0.4) is 0 Å². The second-order valence-electron chi connectivity index (χ2n) is 4.09. The van der Waals surface area contributed by atoms with Gasteiger partial charge in [0.15, 0.2) is 0 Å². The van der Waals surface area contributed by atoms with Crippen LogP contribution in [0.5, 0.6) is 10.9 Å². The maximum atomic E-state index is 5.73. The van der Waals surface area contributed by atoms with E-state index in [-0.39, 0.29) is 5.84 Å². The van der Waals surface area contributed by atoms with Gasteiger partial charge in [0.1, 0.15) is 11.6 Å². The summed E-state index contributed by atoms with van der Waals surface area (Å²) < 4.78 is 6.82. The number of amidine groups is 1. The van der Waals surface area contributed by atoms with Crippen LogP contribution in [-0.2, 0) is 0 Å². The normalized spacial score (nSPS) is 11.7. The van der Waals surface area contributed by atoms with Crippen LogP contribution in [0.15, 0.2) is 53.6 Å².